The van der Waals surface area contributed by atoms with Gasteiger partial charge in [0.2, 0.25) is 5.91 Å². The van der Waals surface area contributed by atoms with Crippen LogP contribution in [0.3, 0.4) is 0 Å². The molecule has 1 aliphatic rings. The minimum Gasteiger partial charge on any atom is -0.341 e. The zero-order valence-electron chi connectivity index (χ0n) is 19.7. The van der Waals surface area contributed by atoms with Crippen LogP contribution >= 0.6 is 0 Å². The molecule has 1 aromatic carbocycles. The van der Waals surface area contributed by atoms with Crippen LogP contribution in [0, 0.1) is 12.7 Å². The molecular formula is C24H28FN9O. The van der Waals surface area contributed by atoms with Gasteiger partial charge >= 0.3 is 0 Å². The van der Waals surface area contributed by atoms with Crippen LogP contribution in [-0.4, -0.2) is 80.3 Å². The second kappa shape index (κ2) is 9.80. The molecule has 4 aromatic rings. The van der Waals surface area contributed by atoms with Crippen LogP contribution < -0.4 is 10.6 Å². The Morgan fingerprint density at radius 2 is 1.94 bits per heavy atom. The van der Waals surface area contributed by atoms with Gasteiger partial charge in [0.25, 0.3) is 0 Å². The number of carbonyl (C=O) groups is 1. The molecule has 0 bridgehead atoms. The van der Waals surface area contributed by atoms with E-state index in [-0.39, 0.29) is 18.3 Å². The number of nitrogens with one attached hydrogen (secondary N) is 3. The molecule has 4 heterocycles. The Kier molecular flexibility index (Phi) is 6.43. The quantitative estimate of drug-likeness (QED) is 0.374. The summed E-state index contributed by atoms with van der Waals surface area (Å²) < 4.78 is 15.4. The van der Waals surface area contributed by atoms with E-state index in [0.29, 0.717) is 23.0 Å². The molecule has 1 amide bonds. The third-order valence-corrected chi connectivity index (χ3v) is 6.09. The number of hydrogen-bond acceptors (Lipinski definition) is 7. The van der Waals surface area contributed by atoms with Gasteiger partial charge in [0.05, 0.1) is 6.54 Å². The van der Waals surface area contributed by atoms with Crippen LogP contribution in [0.15, 0.2) is 48.7 Å². The van der Waals surface area contributed by atoms with E-state index in [1.165, 1.54) is 12.1 Å². The number of aryl methyl sites for hydroxylation is 1. The van der Waals surface area contributed by atoms with Crippen molar-refractivity contribution in [1.29, 1.82) is 0 Å². The average molecular weight is 478 g/mol. The summed E-state index contributed by atoms with van der Waals surface area (Å²) in [6.07, 6.45) is 1.81. The zero-order valence-corrected chi connectivity index (χ0v) is 19.7. The van der Waals surface area contributed by atoms with Crippen molar-refractivity contribution in [3.63, 3.8) is 0 Å². The summed E-state index contributed by atoms with van der Waals surface area (Å²) in [5.74, 6) is 1.05. The number of carbonyl (C=O) groups excluding carboxylic acids is 1. The number of rotatable bonds is 7. The smallest absolute Gasteiger partial charge is 0.235 e. The van der Waals surface area contributed by atoms with Gasteiger partial charge in [-0.15, -0.1) is 5.10 Å². The molecule has 1 atom stereocenters. The fraction of sp³-hybridized carbons (Fsp3) is 0.333. The molecule has 1 unspecified atom stereocenters. The fourth-order valence-electron chi connectivity index (χ4n) is 4.14. The van der Waals surface area contributed by atoms with Gasteiger partial charge in [0.1, 0.15) is 17.4 Å². The molecule has 5 rings (SSSR count). The van der Waals surface area contributed by atoms with Crippen LogP contribution in [0.25, 0.3) is 5.52 Å². The second-order valence-corrected chi connectivity index (χ2v) is 8.85. The topological polar surface area (TPSA) is 106 Å². The largest absolute Gasteiger partial charge is 0.341 e. The lowest BCUT2D eigenvalue weighted by atomic mass is 10.1. The van der Waals surface area contributed by atoms with Gasteiger partial charge in [0.15, 0.2) is 17.5 Å². The number of aromatic nitrogens is 5. The standard InChI is InChI=1S/C24H28FN9O/c1-16-14-20(30-29-16)26-23-19-4-3-9-34(19)31-24(28-23)22(17-5-7-18(25)8-6-17)27-21(35)15-33-12-10-32(2)11-13-33/h3-9,14,22H,10-13,15H2,1-2H3,(H,27,35)(H2,26,28,29,30,31). The summed E-state index contributed by atoms with van der Waals surface area (Å²) in [6.45, 7) is 5.68. The number of fused-ring (bicyclic) bond motifs is 1. The van der Waals surface area contributed by atoms with Gasteiger partial charge in [-0.1, -0.05) is 12.1 Å². The maximum absolute atomic E-state index is 13.7. The predicted octanol–water partition coefficient (Wildman–Crippen LogP) is 2.10. The average Bonchev–Trinajstić information content (AvgIpc) is 3.48. The van der Waals surface area contributed by atoms with Gasteiger partial charge in [0, 0.05) is 44.1 Å². The number of benzene rings is 1. The minimum absolute atomic E-state index is 0.141. The van der Waals surface area contributed by atoms with Crippen LogP contribution in [0.5, 0.6) is 0 Å². The molecule has 35 heavy (non-hydrogen) atoms. The first-order valence-corrected chi connectivity index (χ1v) is 11.5. The van der Waals surface area contributed by atoms with E-state index in [1.807, 2.05) is 31.3 Å². The highest BCUT2D eigenvalue weighted by Crippen LogP contribution is 2.25. The molecule has 0 radical (unpaired) electrons. The monoisotopic (exact) mass is 477 g/mol. The van der Waals surface area contributed by atoms with E-state index in [9.17, 15) is 9.18 Å². The summed E-state index contributed by atoms with van der Waals surface area (Å²) >= 11 is 0. The molecule has 1 fully saturated rings. The van der Waals surface area contributed by atoms with Gasteiger partial charge < -0.3 is 15.5 Å². The van der Waals surface area contributed by atoms with Crippen LogP contribution in [0.2, 0.25) is 0 Å². The first kappa shape index (κ1) is 22.9. The van der Waals surface area contributed by atoms with E-state index in [0.717, 1.165) is 37.4 Å². The van der Waals surface area contributed by atoms with Crippen molar-refractivity contribution in [3.8, 4) is 0 Å². The molecular weight excluding hydrogens is 449 g/mol. The number of likely N-dealkylation sites (N-methyl/N-ethyl adjacent to an activating group) is 1. The van der Waals surface area contributed by atoms with Crippen LogP contribution in [0.4, 0.5) is 16.0 Å². The fourth-order valence-corrected chi connectivity index (χ4v) is 4.14. The highest BCUT2D eigenvalue weighted by Gasteiger charge is 2.24. The van der Waals surface area contributed by atoms with E-state index in [1.54, 1.807) is 16.6 Å². The predicted molar refractivity (Wildman–Crippen MR) is 130 cm³/mol. The Hall–Kier alpha value is -3.83. The number of hydrogen-bond donors (Lipinski definition) is 3. The van der Waals surface area contributed by atoms with Crippen molar-refractivity contribution in [3.05, 3.63) is 71.6 Å². The Bertz CT molecular complexity index is 1310. The third-order valence-electron chi connectivity index (χ3n) is 6.09. The number of halogens is 1. The molecule has 1 saturated heterocycles. The summed E-state index contributed by atoms with van der Waals surface area (Å²) in [7, 11) is 2.08. The minimum atomic E-state index is -0.663. The Labute approximate surface area is 202 Å². The SMILES string of the molecule is Cc1cc(Nc2nc(C(NC(=O)CN3CCN(C)CC3)c3ccc(F)cc3)nn3cccc23)n[nH]1. The maximum atomic E-state index is 13.7. The molecule has 0 aliphatic carbocycles. The molecule has 0 spiro atoms. The van der Waals surface area contributed by atoms with Crippen molar-refractivity contribution in [1.82, 2.24) is 39.9 Å². The molecule has 3 N–H and O–H groups in total. The van der Waals surface area contributed by atoms with Gasteiger partial charge in [-0.3, -0.25) is 14.8 Å². The van der Waals surface area contributed by atoms with Gasteiger partial charge in [-0.25, -0.2) is 13.9 Å². The lowest BCUT2D eigenvalue weighted by molar-refractivity contribution is -0.123. The lowest BCUT2D eigenvalue weighted by Crippen LogP contribution is -2.48. The van der Waals surface area contributed by atoms with E-state index in [4.69, 9.17) is 4.98 Å². The summed E-state index contributed by atoms with van der Waals surface area (Å²) in [6, 6.07) is 11.0. The molecule has 182 valence electrons. The number of aromatic amines is 1. The second-order valence-electron chi connectivity index (χ2n) is 8.85. The van der Waals surface area contributed by atoms with E-state index in [2.05, 4.69) is 42.8 Å². The molecule has 11 heteroatoms. The van der Waals surface area contributed by atoms with E-state index < -0.39 is 6.04 Å². The summed E-state index contributed by atoms with van der Waals surface area (Å²) in [5.41, 5.74) is 2.36. The summed E-state index contributed by atoms with van der Waals surface area (Å²) in [4.78, 5) is 22.2. The van der Waals surface area contributed by atoms with Crippen molar-refractivity contribution in [2.75, 3.05) is 45.1 Å². The van der Waals surface area contributed by atoms with Crippen molar-refractivity contribution < 1.29 is 9.18 Å². The normalized spacial score (nSPS) is 15.9. The van der Waals surface area contributed by atoms with Crippen LogP contribution in [0.1, 0.15) is 23.1 Å². The zero-order chi connectivity index (χ0) is 24.4. The highest BCUT2D eigenvalue weighted by atomic mass is 19.1. The first-order chi connectivity index (χ1) is 16.9. The van der Waals surface area contributed by atoms with Crippen molar-refractivity contribution >= 4 is 23.1 Å². The van der Waals surface area contributed by atoms with Crippen LogP contribution in [-0.2, 0) is 4.79 Å². The number of anilines is 2. The molecule has 10 nitrogen and oxygen atoms in total. The van der Waals surface area contributed by atoms with Crippen molar-refractivity contribution in [2.24, 2.45) is 0 Å². The Balaban J connectivity index is 1.46. The molecule has 0 saturated carbocycles. The van der Waals surface area contributed by atoms with Crippen molar-refractivity contribution in [2.45, 2.75) is 13.0 Å². The number of amides is 1. The Morgan fingerprint density at radius 3 is 2.66 bits per heavy atom. The third kappa shape index (κ3) is 5.31. The van der Waals surface area contributed by atoms with E-state index >= 15 is 0 Å². The number of H-pyrrole nitrogens is 1. The first-order valence-electron chi connectivity index (χ1n) is 11.5. The van der Waals surface area contributed by atoms with Gasteiger partial charge in [-0.05, 0) is 43.8 Å². The summed E-state index contributed by atoms with van der Waals surface area (Å²) in [5, 5.41) is 18.1. The molecule has 3 aromatic heterocycles. The highest BCUT2D eigenvalue weighted by molar-refractivity contribution is 5.79. The number of nitrogens with zero attached hydrogens (tertiary/aromatic N) is 6. The maximum Gasteiger partial charge on any atom is 0.235 e. The van der Waals surface area contributed by atoms with Gasteiger partial charge in [-0.2, -0.15) is 5.10 Å². The number of piperazine rings is 1. The Morgan fingerprint density at radius 1 is 1.17 bits per heavy atom. The molecule has 1 aliphatic heterocycles. The lowest BCUT2D eigenvalue weighted by Gasteiger charge is -2.32.